The summed E-state index contributed by atoms with van der Waals surface area (Å²) in [4.78, 5) is 2.21. The third-order valence-electron chi connectivity index (χ3n) is 2.67. The lowest BCUT2D eigenvalue weighted by molar-refractivity contribution is 0.398. The normalized spacial score (nSPS) is 10.1. The molecule has 0 aliphatic heterocycles. The van der Waals surface area contributed by atoms with Crippen molar-refractivity contribution in [1.82, 2.24) is 4.90 Å². The lowest BCUT2D eigenvalue weighted by Crippen LogP contribution is -2.12. The first-order valence-electron chi connectivity index (χ1n) is 7.33. The molecule has 0 N–H and O–H groups in total. The highest BCUT2D eigenvalue weighted by atomic mass is 15.0. The first kappa shape index (κ1) is 18.3. The molecule has 0 unspecified atom stereocenters. The van der Waals surface area contributed by atoms with Gasteiger partial charge in [0.25, 0.3) is 0 Å². The number of rotatable bonds is 9. The largest absolute Gasteiger partial charge is 0.309 e. The van der Waals surface area contributed by atoms with Crippen molar-refractivity contribution in [3.05, 3.63) is 0 Å². The van der Waals surface area contributed by atoms with Crippen LogP contribution in [0.4, 0.5) is 0 Å². The fourth-order valence-corrected chi connectivity index (χ4v) is 1.50. The van der Waals surface area contributed by atoms with E-state index in [0.717, 1.165) is 0 Å². The van der Waals surface area contributed by atoms with E-state index in [4.69, 9.17) is 0 Å². The highest BCUT2D eigenvalue weighted by molar-refractivity contribution is 4.41. The molecule has 0 aromatic heterocycles. The minimum absolute atomic E-state index is 1.23. The Morgan fingerprint density at radius 1 is 0.562 bits per heavy atom. The van der Waals surface area contributed by atoms with Crippen LogP contribution in [0.5, 0.6) is 0 Å². The van der Waals surface area contributed by atoms with Crippen LogP contribution in [-0.4, -0.2) is 25.5 Å². The Labute approximate surface area is 105 Å². The molecule has 1 nitrogen and oxygen atoms in total. The summed E-state index contributed by atoms with van der Waals surface area (Å²) >= 11 is 0. The van der Waals surface area contributed by atoms with Gasteiger partial charge in [0.1, 0.15) is 0 Å². The minimum Gasteiger partial charge on any atom is -0.309 e. The second kappa shape index (κ2) is 17.4. The van der Waals surface area contributed by atoms with Crippen LogP contribution in [0.1, 0.15) is 78.6 Å². The van der Waals surface area contributed by atoms with E-state index in [1.54, 1.807) is 0 Å². The van der Waals surface area contributed by atoms with E-state index < -0.39 is 0 Å². The van der Waals surface area contributed by atoms with E-state index in [1.807, 2.05) is 0 Å². The van der Waals surface area contributed by atoms with Gasteiger partial charge in [-0.05, 0) is 27.1 Å². The Bertz CT molecular complexity index is 93.6. The van der Waals surface area contributed by atoms with E-state index in [0.29, 0.717) is 0 Å². The van der Waals surface area contributed by atoms with Crippen LogP contribution in [0.15, 0.2) is 0 Å². The second-order valence-electron chi connectivity index (χ2n) is 4.92. The van der Waals surface area contributed by atoms with Crippen molar-refractivity contribution < 1.29 is 0 Å². The summed E-state index contributed by atoms with van der Waals surface area (Å²) in [7, 11) is 4.21. The summed E-state index contributed by atoms with van der Waals surface area (Å²) in [5.41, 5.74) is 0. The second-order valence-corrected chi connectivity index (χ2v) is 4.92. The molecule has 0 spiro atoms. The number of hydrogen-bond acceptors (Lipinski definition) is 1. The molecule has 100 valence electrons. The Morgan fingerprint density at radius 3 is 1.19 bits per heavy atom. The predicted octanol–water partition coefficient (Wildman–Crippen LogP) is 5.11. The van der Waals surface area contributed by atoms with Crippen LogP contribution in [0.3, 0.4) is 0 Å². The van der Waals surface area contributed by atoms with Crippen LogP contribution < -0.4 is 0 Å². The van der Waals surface area contributed by atoms with Gasteiger partial charge in [-0.2, -0.15) is 0 Å². The van der Waals surface area contributed by atoms with Crippen molar-refractivity contribution >= 4 is 0 Å². The van der Waals surface area contributed by atoms with Crippen LogP contribution in [0, 0.1) is 0 Å². The maximum Gasteiger partial charge on any atom is -0.00249 e. The standard InChI is InChI=1S/C9H20.C6H15N/c1-3-5-7-9-8-6-4-2;1-4-5-6-7(2)3/h3-9H2,1-2H3;4-6H2,1-3H3. The van der Waals surface area contributed by atoms with E-state index in [9.17, 15) is 0 Å². The molecule has 16 heavy (non-hydrogen) atoms. The van der Waals surface area contributed by atoms with Gasteiger partial charge in [0.05, 0.1) is 0 Å². The number of unbranched alkanes of at least 4 members (excludes halogenated alkanes) is 7. The van der Waals surface area contributed by atoms with Crippen molar-refractivity contribution in [2.75, 3.05) is 20.6 Å². The van der Waals surface area contributed by atoms with Gasteiger partial charge in [-0.25, -0.2) is 0 Å². The van der Waals surface area contributed by atoms with Crippen molar-refractivity contribution in [3.8, 4) is 0 Å². The summed E-state index contributed by atoms with van der Waals surface area (Å²) in [5.74, 6) is 0. The molecule has 0 aromatic carbocycles. The molecule has 0 heterocycles. The molecule has 0 saturated carbocycles. The molecule has 0 saturated heterocycles. The zero-order chi connectivity index (χ0) is 12.6. The summed E-state index contributed by atoms with van der Waals surface area (Å²) < 4.78 is 0. The average Bonchev–Trinajstić information content (AvgIpc) is 2.27. The summed E-state index contributed by atoms with van der Waals surface area (Å²) in [6.07, 6.45) is 12.6. The molecule has 0 fully saturated rings. The van der Waals surface area contributed by atoms with Gasteiger partial charge in [0.15, 0.2) is 0 Å². The maximum absolute atomic E-state index is 2.26. The molecule has 0 rings (SSSR count). The molecule has 1 heteroatoms. The highest BCUT2D eigenvalue weighted by Crippen LogP contribution is 2.05. The fraction of sp³-hybridized carbons (Fsp3) is 1.00. The van der Waals surface area contributed by atoms with Crippen LogP contribution in [0.25, 0.3) is 0 Å². The van der Waals surface area contributed by atoms with E-state index in [2.05, 4.69) is 39.8 Å². The minimum atomic E-state index is 1.23. The zero-order valence-corrected chi connectivity index (χ0v) is 12.5. The molecule has 0 aliphatic rings. The molecule has 0 radical (unpaired) electrons. The molecule has 0 aliphatic carbocycles. The van der Waals surface area contributed by atoms with Gasteiger partial charge >= 0.3 is 0 Å². The quantitative estimate of drug-likeness (QED) is 0.497. The van der Waals surface area contributed by atoms with Gasteiger partial charge < -0.3 is 4.90 Å². The molecule has 0 aromatic rings. The summed E-state index contributed by atoms with van der Waals surface area (Å²) in [6.45, 7) is 7.97. The van der Waals surface area contributed by atoms with Gasteiger partial charge in [-0.1, -0.05) is 72.1 Å². The maximum atomic E-state index is 2.26. The molecule has 0 bridgehead atoms. The van der Waals surface area contributed by atoms with E-state index >= 15 is 0 Å². The van der Waals surface area contributed by atoms with Gasteiger partial charge in [-0.3, -0.25) is 0 Å². The Morgan fingerprint density at radius 2 is 0.938 bits per heavy atom. The van der Waals surface area contributed by atoms with Crippen molar-refractivity contribution in [3.63, 3.8) is 0 Å². The number of nitrogens with zero attached hydrogens (tertiary/aromatic N) is 1. The first-order chi connectivity index (χ1) is 7.68. The van der Waals surface area contributed by atoms with Crippen molar-refractivity contribution in [2.24, 2.45) is 0 Å². The summed E-state index contributed by atoms with van der Waals surface area (Å²) in [6, 6.07) is 0. The monoisotopic (exact) mass is 229 g/mol. The van der Waals surface area contributed by atoms with Gasteiger partial charge in [0.2, 0.25) is 0 Å². The molecular weight excluding hydrogens is 194 g/mol. The highest BCUT2D eigenvalue weighted by Gasteiger charge is 1.86. The smallest absolute Gasteiger partial charge is 0.00249 e. The van der Waals surface area contributed by atoms with E-state index in [-0.39, 0.29) is 0 Å². The lowest BCUT2D eigenvalue weighted by Gasteiger charge is -2.05. The number of hydrogen-bond donors (Lipinski definition) is 0. The Kier molecular flexibility index (Phi) is 19.9. The van der Waals surface area contributed by atoms with Crippen LogP contribution in [0.2, 0.25) is 0 Å². The van der Waals surface area contributed by atoms with Crippen LogP contribution >= 0.6 is 0 Å². The van der Waals surface area contributed by atoms with Crippen molar-refractivity contribution in [2.45, 2.75) is 78.6 Å². The fourth-order valence-electron chi connectivity index (χ4n) is 1.50. The van der Waals surface area contributed by atoms with Gasteiger partial charge in [-0.15, -0.1) is 0 Å². The van der Waals surface area contributed by atoms with E-state index in [1.165, 1.54) is 64.3 Å². The predicted molar refractivity (Wildman–Crippen MR) is 77.1 cm³/mol. The summed E-state index contributed by atoms with van der Waals surface area (Å²) in [5, 5.41) is 0. The Hall–Kier alpha value is -0.0400. The SMILES string of the molecule is CCCCCCCCC.CCCCN(C)C. The van der Waals surface area contributed by atoms with Crippen LogP contribution in [-0.2, 0) is 0 Å². The third kappa shape index (κ3) is 23.6. The molecule has 0 atom stereocenters. The third-order valence-corrected chi connectivity index (χ3v) is 2.67. The lowest BCUT2D eigenvalue weighted by atomic mass is 10.1. The molecule has 0 amide bonds. The first-order valence-corrected chi connectivity index (χ1v) is 7.33. The van der Waals surface area contributed by atoms with Crippen molar-refractivity contribution in [1.29, 1.82) is 0 Å². The topological polar surface area (TPSA) is 3.24 Å². The zero-order valence-electron chi connectivity index (χ0n) is 12.5. The molecular formula is C15H35N. The average molecular weight is 229 g/mol. The van der Waals surface area contributed by atoms with Gasteiger partial charge in [0, 0.05) is 0 Å². The Balaban J connectivity index is 0.